The highest BCUT2D eigenvalue weighted by molar-refractivity contribution is 5.84. The summed E-state index contributed by atoms with van der Waals surface area (Å²) in [7, 11) is 0. The van der Waals surface area contributed by atoms with Crippen LogP contribution in [0.15, 0.2) is 49.1 Å². The molecule has 0 saturated carbocycles. The molecule has 0 bridgehead atoms. The highest BCUT2D eigenvalue weighted by atomic mass is 16.6. The number of alkyl carbamates (subject to hydrolysis) is 1. The summed E-state index contributed by atoms with van der Waals surface area (Å²) in [6.45, 7) is 11.6. The largest absolute Gasteiger partial charge is 0.444 e. The van der Waals surface area contributed by atoms with Crippen molar-refractivity contribution in [3.8, 4) is 5.69 Å². The molecule has 5 rings (SSSR count). The van der Waals surface area contributed by atoms with E-state index in [4.69, 9.17) is 14.7 Å². The van der Waals surface area contributed by atoms with Crippen molar-refractivity contribution in [2.75, 3.05) is 23.3 Å². The minimum Gasteiger partial charge on any atom is -0.444 e. The summed E-state index contributed by atoms with van der Waals surface area (Å²) in [4.78, 5) is 28.8. The number of fused-ring (bicyclic) bond motifs is 1. The van der Waals surface area contributed by atoms with Crippen LogP contribution < -0.4 is 15.5 Å². The normalized spacial score (nSPS) is 15.8. The Balaban J connectivity index is 1.40. The average molecular weight is 518 g/mol. The quantitative estimate of drug-likeness (QED) is 0.373. The van der Waals surface area contributed by atoms with Gasteiger partial charge in [-0.1, -0.05) is 18.2 Å². The highest BCUT2D eigenvalue weighted by Crippen LogP contribution is 2.27. The number of benzene rings is 1. The average Bonchev–Trinajstić information content (AvgIpc) is 3.62. The topological polar surface area (TPSA) is 115 Å². The van der Waals surface area contributed by atoms with Gasteiger partial charge in [-0.3, -0.25) is 0 Å². The third-order valence-electron chi connectivity index (χ3n) is 6.35. The predicted octanol–water partition coefficient (Wildman–Crippen LogP) is 4.31. The number of amides is 1. The molecule has 11 heteroatoms. The summed E-state index contributed by atoms with van der Waals surface area (Å²) in [6.07, 6.45) is 5.89. The van der Waals surface area contributed by atoms with Crippen LogP contribution in [0.2, 0.25) is 0 Å². The summed E-state index contributed by atoms with van der Waals surface area (Å²) in [6, 6.07) is 10.2. The molecule has 0 aliphatic carbocycles. The van der Waals surface area contributed by atoms with Crippen molar-refractivity contribution in [1.29, 1.82) is 0 Å². The lowest BCUT2D eigenvalue weighted by atomic mass is 10.2. The van der Waals surface area contributed by atoms with Gasteiger partial charge in [-0.05, 0) is 58.7 Å². The molecule has 1 saturated heterocycles. The molecule has 1 aliphatic heterocycles. The van der Waals surface area contributed by atoms with E-state index >= 15 is 0 Å². The van der Waals surface area contributed by atoms with E-state index in [0.717, 1.165) is 35.4 Å². The van der Waals surface area contributed by atoms with E-state index in [-0.39, 0.29) is 12.1 Å². The number of imidazole rings is 1. The van der Waals surface area contributed by atoms with Crippen LogP contribution in [0.4, 0.5) is 16.6 Å². The second-order valence-electron chi connectivity index (χ2n) is 10.8. The smallest absolute Gasteiger partial charge is 0.407 e. The molecule has 4 aromatic rings. The minimum atomic E-state index is -0.539. The second-order valence-corrected chi connectivity index (χ2v) is 10.8. The summed E-state index contributed by atoms with van der Waals surface area (Å²) in [5, 5.41) is 10.9. The maximum Gasteiger partial charge on any atom is 0.407 e. The predicted molar refractivity (Wildman–Crippen MR) is 147 cm³/mol. The first-order valence-electron chi connectivity index (χ1n) is 13.0. The summed E-state index contributed by atoms with van der Waals surface area (Å²) in [5.74, 6) is 1.28. The number of hydrogen-bond acceptors (Lipinski definition) is 8. The van der Waals surface area contributed by atoms with Crippen LogP contribution in [0.25, 0.3) is 16.9 Å². The second kappa shape index (κ2) is 10.3. The van der Waals surface area contributed by atoms with E-state index in [1.54, 1.807) is 6.20 Å². The van der Waals surface area contributed by atoms with E-state index in [1.165, 1.54) is 0 Å². The van der Waals surface area contributed by atoms with Crippen molar-refractivity contribution < 1.29 is 9.53 Å². The molecule has 2 N–H and O–H groups in total. The third kappa shape index (κ3) is 5.56. The van der Waals surface area contributed by atoms with Gasteiger partial charge in [-0.15, -0.1) is 0 Å². The van der Waals surface area contributed by atoms with E-state index in [0.29, 0.717) is 24.9 Å². The zero-order chi connectivity index (χ0) is 26.9. The maximum atomic E-state index is 12.3. The Morgan fingerprint density at radius 2 is 2.00 bits per heavy atom. The van der Waals surface area contributed by atoms with E-state index < -0.39 is 11.7 Å². The fourth-order valence-electron chi connectivity index (χ4n) is 4.56. The van der Waals surface area contributed by atoms with E-state index in [9.17, 15) is 4.79 Å². The highest BCUT2D eigenvalue weighted by Gasteiger charge is 2.29. The number of para-hydroxylation sites is 1. The van der Waals surface area contributed by atoms with Gasteiger partial charge in [0.2, 0.25) is 5.95 Å². The Kier molecular flexibility index (Phi) is 6.92. The SMILES string of the molecule is CC(C)n1cnc2c(NCc3ccccc3-n3cccn3)nc(N3CCC(NC(=O)OC(C)(C)C)C3)nc21. The van der Waals surface area contributed by atoms with Crippen LogP contribution in [0, 0.1) is 0 Å². The number of ether oxygens (including phenoxy) is 1. The molecule has 38 heavy (non-hydrogen) atoms. The molecule has 3 aromatic heterocycles. The lowest BCUT2D eigenvalue weighted by molar-refractivity contribution is 0.0509. The fraction of sp³-hybridized carbons (Fsp3) is 0.444. The summed E-state index contributed by atoms with van der Waals surface area (Å²) >= 11 is 0. The van der Waals surface area contributed by atoms with Crippen molar-refractivity contribution in [3.05, 3.63) is 54.6 Å². The van der Waals surface area contributed by atoms with Crippen LogP contribution in [0.5, 0.6) is 0 Å². The molecule has 11 nitrogen and oxygen atoms in total. The van der Waals surface area contributed by atoms with Crippen molar-refractivity contribution in [1.82, 2.24) is 34.6 Å². The monoisotopic (exact) mass is 517 g/mol. The van der Waals surface area contributed by atoms with Gasteiger partial charge in [0.05, 0.1) is 18.1 Å². The Labute approximate surface area is 222 Å². The maximum absolute atomic E-state index is 12.3. The molecule has 0 spiro atoms. The van der Waals surface area contributed by atoms with Gasteiger partial charge in [-0.2, -0.15) is 15.1 Å². The van der Waals surface area contributed by atoms with Gasteiger partial charge < -0.3 is 24.8 Å². The number of nitrogens with zero attached hydrogens (tertiary/aromatic N) is 7. The van der Waals surface area contributed by atoms with Gasteiger partial charge in [0, 0.05) is 38.1 Å². The van der Waals surface area contributed by atoms with Crippen LogP contribution in [-0.4, -0.2) is 60.1 Å². The molecular weight excluding hydrogens is 482 g/mol. The molecule has 1 fully saturated rings. The lowest BCUT2D eigenvalue weighted by Gasteiger charge is -2.22. The molecule has 200 valence electrons. The number of aromatic nitrogens is 6. The van der Waals surface area contributed by atoms with Crippen molar-refractivity contribution in [2.45, 2.75) is 65.3 Å². The zero-order valence-electron chi connectivity index (χ0n) is 22.5. The van der Waals surface area contributed by atoms with E-state index in [1.807, 2.05) is 62.2 Å². The van der Waals surface area contributed by atoms with Crippen LogP contribution in [-0.2, 0) is 11.3 Å². The van der Waals surface area contributed by atoms with Gasteiger partial charge in [0.15, 0.2) is 17.0 Å². The standard InChI is InChI=1S/C27H35N9O2/c1-18(2)35-17-29-22-23(28-15-19-9-6-7-10-21(19)36-13-8-12-30-36)32-25(33-24(22)35)34-14-11-20(16-34)31-26(37)38-27(3,4)5/h6-10,12-13,17-18,20H,11,14-16H2,1-5H3,(H,31,37)(H,28,32,33). The number of carbonyl (C=O) groups is 1. The Morgan fingerprint density at radius 3 is 2.74 bits per heavy atom. The molecule has 1 atom stereocenters. The van der Waals surface area contributed by atoms with Gasteiger partial charge in [0.25, 0.3) is 0 Å². The molecule has 1 unspecified atom stereocenters. The number of anilines is 2. The van der Waals surface area contributed by atoms with Crippen molar-refractivity contribution in [3.63, 3.8) is 0 Å². The van der Waals surface area contributed by atoms with Crippen molar-refractivity contribution in [2.24, 2.45) is 0 Å². The van der Waals surface area contributed by atoms with Crippen molar-refractivity contribution >= 4 is 29.0 Å². The Bertz CT molecular complexity index is 1410. The molecule has 1 amide bonds. The number of carbonyl (C=O) groups excluding carboxylic acids is 1. The Morgan fingerprint density at radius 1 is 1.18 bits per heavy atom. The summed E-state index contributed by atoms with van der Waals surface area (Å²) in [5.41, 5.74) is 3.04. The van der Waals surface area contributed by atoms with E-state index in [2.05, 4.69) is 50.1 Å². The zero-order valence-corrected chi connectivity index (χ0v) is 22.5. The van der Waals surface area contributed by atoms with Crippen LogP contribution >= 0.6 is 0 Å². The molecule has 0 radical (unpaired) electrons. The number of rotatable bonds is 7. The lowest BCUT2D eigenvalue weighted by Crippen LogP contribution is -2.40. The Hall–Kier alpha value is -4.15. The first-order chi connectivity index (χ1) is 18.2. The van der Waals surface area contributed by atoms with Gasteiger partial charge in [0.1, 0.15) is 5.60 Å². The van der Waals surface area contributed by atoms with Gasteiger partial charge in [-0.25, -0.2) is 14.5 Å². The third-order valence-corrected chi connectivity index (χ3v) is 6.35. The molecular formula is C27H35N9O2. The molecule has 1 aliphatic rings. The first kappa shape index (κ1) is 25.5. The summed E-state index contributed by atoms with van der Waals surface area (Å²) < 4.78 is 9.34. The molecule has 1 aromatic carbocycles. The number of nitrogens with one attached hydrogen (secondary N) is 2. The number of hydrogen-bond donors (Lipinski definition) is 2. The first-order valence-corrected chi connectivity index (χ1v) is 13.0. The fourth-order valence-corrected chi connectivity index (χ4v) is 4.56. The van der Waals surface area contributed by atoms with Crippen LogP contribution in [0.1, 0.15) is 52.6 Å². The van der Waals surface area contributed by atoms with Gasteiger partial charge >= 0.3 is 6.09 Å². The molecule has 4 heterocycles. The minimum absolute atomic E-state index is 0.0449. The van der Waals surface area contributed by atoms with Crippen LogP contribution in [0.3, 0.4) is 0 Å².